The summed E-state index contributed by atoms with van der Waals surface area (Å²) in [5.74, 6) is 0. The first-order chi connectivity index (χ1) is 9.21. The van der Waals surface area contributed by atoms with Crippen LogP contribution in [0.25, 0.3) is 0 Å². The summed E-state index contributed by atoms with van der Waals surface area (Å²) < 4.78 is 0. The molecule has 96 valence electrons. The highest BCUT2D eigenvalue weighted by Crippen LogP contribution is 2.50. The number of fused-ring (bicyclic) bond motifs is 6. The number of halogens is 1. The van der Waals surface area contributed by atoms with Crippen molar-refractivity contribution in [1.82, 2.24) is 4.90 Å². The molecule has 0 spiro atoms. The average molecular weight is 270 g/mol. The molecular formula is C17H16ClN. The first-order valence-electron chi connectivity index (χ1n) is 6.80. The molecule has 4 rings (SSSR count). The molecule has 2 aliphatic heterocycles. The molecule has 0 radical (unpaired) electrons. The fourth-order valence-electron chi connectivity index (χ4n) is 3.67. The van der Waals surface area contributed by atoms with Crippen LogP contribution in [0, 0.1) is 0 Å². The molecule has 0 aliphatic carbocycles. The van der Waals surface area contributed by atoms with Crippen molar-refractivity contribution in [2.45, 2.75) is 23.9 Å². The van der Waals surface area contributed by atoms with Crippen molar-refractivity contribution in [3.63, 3.8) is 0 Å². The van der Waals surface area contributed by atoms with Gasteiger partial charge in [0.05, 0.1) is 0 Å². The molecule has 0 saturated heterocycles. The Kier molecular flexibility index (Phi) is 2.33. The van der Waals surface area contributed by atoms with Gasteiger partial charge in [0, 0.05) is 6.04 Å². The molecule has 0 aromatic heterocycles. The van der Waals surface area contributed by atoms with Gasteiger partial charge in [0.1, 0.15) is 5.00 Å². The maximum atomic E-state index is 7.14. The van der Waals surface area contributed by atoms with Crippen molar-refractivity contribution in [2.24, 2.45) is 0 Å². The maximum absolute atomic E-state index is 7.14. The van der Waals surface area contributed by atoms with Crippen LogP contribution in [-0.4, -0.2) is 18.0 Å². The molecule has 2 aromatic rings. The fraction of sp³-hybridized carbons (Fsp3) is 0.294. The van der Waals surface area contributed by atoms with Crippen LogP contribution in [0.1, 0.15) is 22.3 Å². The highest BCUT2D eigenvalue weighted by molar-refractivity contribution is 6.26. The van der Waals surface area contributed by atoms with Gasteiger partial charge in [-0.15, -0.1) is 0 Å². The Morgan fingerprint density at radius 3 is 1.95 bits per heavy atom. The van der Waals surface area contributed by atoms with Gasteiger partial charge in [0.2, 0.25) is 0 Å². The van der Waals surface area contributed by atoms with Crippen LogP contribution in [0.4, 0.5) is 0 Å². The van der Waals surface area contributed by atoms with Crippen molar-refractivity contribution < 1.29 is 0 Å². The Morgan fingerprint density at radius 1 is 0.947 bits per heavy atom. The maximum Gasteiger partial charge on any atom is 0.148 e. The quantitative estimate of drug-likeness (QED) is 0.522. The SMILES string of the molecule is CN1C2Cc3ccccc3C1(Cl)c1ccccc1C2. The Morgan fingerprint density at radius 2 is 1.42 bits per heavy atom. The van der Waals surface area contributed by atoms with Gasteiger partial charge < -0.3 is 0 Å². The predicted molar refractivity (Wildman–Crippen MR) is 78.5 cm³/mol. The van der Waals surface area contributed by atoms with E-state index in [-0.39, 0.29) is 0 Å². The molecule has 0 atom stereocenters. The average Bonchev–Trinajstić information content (AvgIpc) is 2.43. The van der Waals surface area contributed by atoms with Gasteiger partial charge in [-0.1, -0.05) is 60.1 Å². The zero-order valence-electron chi connectivity index (χ0n) is 10.9. The number of likely N-dealkylation sites (N-methyl/N-ethyl adjacent to an activating group) is 1. The molecule has 2 heteroatoms. The highest BCUT2D eigenvalue weighted by Gasteiger charge is 2.48. The number of benzene rings is 2. The molecule has 2 heterocycles. The number of nitrogens with zero attached hydrogens (tertiary/aromatic N) is 1. The summed E-state index contributed by atoms with van der Waals surface area (Å²) in [6.45, 7) is 0. The van der Waals surface area contributed by atoms with Gasteiger partial charge in [0.25, 0.3) is 0 Å². The van der Waals surface area contributed by atoms with Crippen LogP contribution in [0.3, 0.4) is 0 Å². The summed E-state index contributed by atoms with van der Waals surface area (Å²) in [7, 11) is 2.16. The summed E-state index contributed by atoms with van der Waals surface area (Å²) in [4.78, 5) is 1.85. The van der Waals surface area contributed by atoms with Gasteiger partial charge in [-0.2, -0.15) is 0 Å². The van der Waals surface area contributed by atoms with Crippen LogP contribution < -0.4 is 0 Å². The van der Waals surface area contributed by atoms with Gasteiger partial charge in [0.15, 0.2) is 0 Å². The lowest BCUT2D eigenvalue weighted by atomic mass is 9.76. The smallest absolute Gasteiger partial charge is 0.148 e. The lowest BCUT2D eigenvalue weighted by Gasteiger charge is -2.51. The lowest BCUT2D eigenvalue weighted by molar-refractivity contribution is 0.132. The molecule has 0 saturated carbocycles. The van der Waals surface area contributed by atoms with E-state index in [2.05, 4.69) is 60.5 Å². The number of hydrogen-bond donors (Lipinski definition) is 0. The summed E-state index contributed by atoms with van der Waals surface area (Å²) in [6.07, 6.45) is 2.19. The van der Waals surface area contributed by atoms with E-state index in [1.165, 1.54) is 22.3 Å². The molecular weight excluding hydrogens is 254 g/mol. The van der Waals surface area contributed by atoms with Crippen molar-refractivity contribution in [1.29, 1.82) is 0 Å². The molecule has 0 unspecified atom stereocenters. The third-order valence-electron chi connectivity index (χ3n) is 4.69. The Balaban J connectivity index is 2.05. The molecule has 19 heavy (non-hydrogen) atoms. The Bertz CT molecular complexity index is 600. The zero-order chi connectivity index (χ0) is 13.0. The van der Waals surface area contributed by atoms with Crippen LogP contribution >= 0.6 is 11.6 Å². The Labute approximate surface area is 118 Å². The molecule has 2 aliphatic rings. The molecule has 0 fully saturated rings. The third kappa shape index (κ3) is 1.40. The van der Waals surface area contributed by atoms with Crippen molar-refractivity contribution in [3.8, 4) is 0 Å². The topological polar surface area (TPSA) is 3.24 Å². The van der Waals surface area contributed by atoms with Gasteiger partial charge in [-0.05, 0) is 42.1 Å². The van der Waals surface area contributed by atoms with E-state index < -0.39 is 5.00 Å². The van der Waals surface area contributed by atoms with Crippen molar-refractivity contribution >= 4 is 11.6 Å². The number of rotatable bonds is 0. The van der Waals surface area contributed by atoms with Crippen LogP contribution in [-0.2, 0) is 17.8 Å². The van der Waals surface area contributed by atoms with Gasteiger partial charge in [-0.25, -0.2) is 0 Å². The van der Waals surface area contributed by atoms with E-state index in [9.17, 15) is 0 Å². The minimum Gasteiger partial charge on any atom is -0.277 e. The van der Waals surface area contributed by atoms with E-state index in [1.807, 2.05) is 0 Å². The molecule has 2 bridgehead atoms. The standard InChI is InChI=1S/C17H16ClN/c1-19-14-10-12-6-2-4-8-15(12)17(19,18)16-9-5-3-7-13(16)11-14/h2-9,14H,10-11H2,1H3. The molecule has 0 amide bonds. The van der Waals surface area contributed by atoms with Crippen molar-refractivity contribution in [2.75, 3.05) is 7.05 Å². The third-order valence-corrected chi connectivity index (χ3v) is 5.37. The van der Waals surface area contributed by atoms with Crippen LogP contribution in [0.5, 0.6) is 0 Å². The van der Waals surface area contributed by atoms with E-state index in [0.717, 1.165) is 12.8 Å². The molecule has 0 N–H and O–H groups in total. The summed E-state index contributed by atoms with van der Waals surface area (Å²) >= 11 is 7.14. The van der Waals surface area contributed by atoms with Crippen molar-refractivity contribution in [3.05, 3.63) is 70.8 Å². The first-order valence-corrected chi connectivity index (χ1v) is 7.17. The normalized spacial score (nSPS) is 28.6. The van der Waals surface area contributed by atoms with E-state index in [1.54, 1.807) is 0 Å². The second kappa shape index (κ2) is 3.84. The predicted octanol–water partition coefficient (Wildman–Crippen LogP) is 3.54. The summed E-state index contributed by atoms with van der Waals surface area (Å²) in [6, 6.07) is 17.7. The zero-order valence-corrected chi connectivity index (χ0v) is 11.7. The van der Waals surface area contributed by atoms with Gasteiger partial charge in [-0.3, -0.25) is 4.90 Å². The van der Waals surface area contributed by atoms with E-state index in [4.69, 9.17) is 11.6 Å². The second-order valence-electron chi connectivity index (χ2n) is 5.61. The first kappa shape index (κ1) is 11.5. The van der Waals surface area contributed by atoms with E-state index >= 15 is 0 Å². The molecule has 1 nitrogen and oxygen atoms in total. The number of hydrogen-bond acceptors (Lipinski definition) is 1. The van der Waals surface area contributed by atoms with Crippen LogP contribution in [0.15, 0.2) is 48.5 Å². The Hall–Kier alpha value is -1.31. The van der Waals surface area contributed by atoms with Gasteiger partial charge >= 0.3 is 0 Å². The van der Waals surface area contributed by atoms with E-state index in [0.29, 0.717) is 6.04 Å². The highest BCUT2D eigenvalue weighted by atomic mass is 35.5. The second-order valence-corrected chi connectivity index (χ2v) is 6.16. The van der Waals surface area contributed by atoms with Crippen LogP contribution in [0.2, 0.25) is 0 Å². The minimum atomic E-state index is -0.492. The summed E-state index contributed by atoms with van der Waals surface area (Å²) in [5, 5.41) is 0. The largest absolute Gasteiger partial charge is 0.277 e. The minimum absolute atomic E-state index is 0.492. The fourth-order valence-corrected chi connectivity index (χ4v) is 4.18. The lowest BCUT2D eigenvalue weighted by Crippen LogP contribution is -2.55. The molecule has 2 aromatic carbocycles. The number of alkyl halides is 1. The monoisotopic (exact) mass is 269 g/mol. The summed E-state index contributed by atoms with van der Waals surface area (Å²) in [5.41, 5.74) is 5.30.